The second kappa shape index (κ2) is 6.63. The molecule has 5 heteroatoms. The highest BCUT2D eigenvalue weighted by molar-refractivity contribution is 7.15. The van der Waals surface area contributed by atoms with Crippen molar-refractivity contribution >= 4 is 16.5 Å². The Morgan fingerprint density at radius 3 is 2.43 bits per heavy atom. The Labute approximate surface area is 133 Å². The summed E-state index contributed by atoms with van der Waals surface area (Å²) < 4.78 is 0. The van der Waals surface area contributed by atoms with Gasteiger partial charge in [-0.25, -0.2) is 4.98 Å². The standard InChI is InChI=1S/C16H30N4S/c1-12-14(11-17-16(2,3)4)21-15(18-12)20-9-7-13(8-10-20)19(5)6/h13,17H,7-11H2,1-6H3. The van der Waals surface area contributed by atoms with Gasteiger partial charge in [-0.2, -0.15) is 0 Å². The lowest BCUT2D eigenvalue weighted by atomic mass is 10.0. The first-order valence-corrected chi connectivity index (χ1v) is 8.70. The average molecular weight is 311 g/mol. The van der Waals surface area contributed by atoms with Crippen LogP contribution in [0, 0.1) is 6.92 Å². The first-order valence-electron chi connectivity index (χ1n) is 7.89. The molecule has 0 bridgehead atoms. The van der Waals surface area contributed by atoms with E-state index in [-0.39, 0.29) is 5.54 Å². The number of piperidine rings is 1. The highest BCUT2D eigenvalue weighted by atomic mass is 32.1. The maximum Gasteiger partial charge on any atom is 0.185 e. The predicted octanol–water partition coefficient (Wildman–Crippen LogP) is 2.87. The van der Waals surface area contributed by atoms with Crippen LogP contribution in [0.4, 0.5) is 5.13 Å². The van der Waals surface area contributed by atoms with Crippen LogP contribution in [0.3, 0.4) is 0 Å². The molecule has 1 aromatic rings. The van der Waals surface area contributed by atoms with E-state index in [4.69, 9.17) is 4.98 Å². The third kappa shape index (κ3) is 4.66. The van der Waals surface area contributed by atoms with Gasteiger partial charge in [0.1, 0.15) is 0 Å². The van der Waals surface area contributed by atoms with Crippen molar-refractivity contribution in [3.63, 3.8) is 0 Å². The lowest BCUT2D eigenvalue weighted by Crippen LogP contribution is -2.41. The minimum atomic E-state index is 0.153. The van der Waals surface area contributed by atoms with E-state index >= 15 is 0 Å². The molecule has 1 aromatic heterocycles. The van der Waals surface area contributed by atoms with Gasteiger partial charge in [0.15, 0.2) is 5.13 Å². The van der Waals surface area contributed by atoms with Crippen molar-refractivity contribution in [2.24, 2.45) is 0 Å². The molecule has 1 N–H and O–H groups in total. The molecule has 0 aromatic carbocycles. The van der Waals surface area contributed by atoms with Crippen LogP contribution in [-0.2, 0) is 6.54 Å². The van der Waals surface area contributed by atoms with Gasteiger partial charge in [0.05, 0.1) is 5.69 Å². The lowest BCUT2D eigenvalue weighted by Gasteiger charge is -2.35. The Hall–Kier alpha value is -0.650. The molecule has 120 valence electrons. The molecule has 0 spiro atoms. The zero-order valence-corrected chi connectivity index (χ0v) is 15.2. The molecule has 1 saturated heterocycles. The Morgan fingerprint density at radius 1 is 1.29 bits per heavy atom. The number of nitrogens with one attached hydrogen (secondary N) is 1. The predicted molar refractivity (Wildman–Crippen MR) is 92.4 cm³/mol. The van der Waals surface area contributed by atoms with Crippen LogP contribution in [0.15, 0.2) is 0 Å². The van der Waals surface area contributed by atoms with Crippen LogP contribution in [0.25, 0.3) is 0 Å². The van der Waals surface area contributed by atoms with Crippen LogP contribution < -0.4 is 10.2 Å². The summed E-state index contributed by atoms with van der Waals surface area (Å²) in [5.41, 5.74) is 1.34. The summed E-state index contributed by atoms with van der Waals surface area (Å²) in [6.45, 7) is 11.9. The highest BCUT2D eigenvalue weighted by Crippen LogP contribution is 2.29. The average Bonchev–Trinajstić information content (AvgIpc) is 2.77. The fourth-order valence-electron chi connectivity index (χ4n) is 2.63. The van der Waals surface area contributed by atoms with E-state index < -0.39 is 0 Å². The molecular formula is C16H30N4S. The monoisotopic (exact) mass is 310 g/mol. The summed E-state index contributed by atoms with van der Waals surface area (Å²) in [7, 11) is 4.37. The number of thiazole rings is 1. The van der Waals surface area contributed by atoms with Crippen molar-refractivity contribution in [1.29, 1.82) is 0 Å². The van der Waals surface area contributed by atoms with Gasteiger partial charge in [0, 0.05) is 36.1 Å². The highest BCUT2D eigenvalue weighted by Gasteiger charge is 2.23. The fraction of sp³-hybridized carbons (Fsp3) is 0.812. The molecule has 0 radical (unpaired) electrons. The van der Waals surface area contributed by atoms with Crippen molar-refractivity contribution in [3.05, 3.63) is 10.6 Å². The van der Waals surface area contributed by atoms with E-state index in [2.05, 4.69) is 56.9 Å². The molecule has 0 saturated carbocycles. The Balaban J connectivity index is 1.96. The minimum absolute atomic E-state index is 0.153. The molecular weight excluding hydrogens is 280 g/mol. The van der Waals surface area contributed by atoms with Crippen molar-refractivity contribution in [1.82, 2.24) is 15.2 Å². The van der Waals surface area contributed by atoms with Crippen LogP contribution in [0.2, 0.25) is 0 Å². The van der Waals surface area contributed by atoms with Crippen molar-refractivity contribution in [2.45, 2.75) is 58.7 Å². The van der Waals surface area contributed by atoms with Gasteiger partial charge >= 0.3 is 0 Å². The molecule has 1 aliphatic heterocycles. The summed E-state index contributed by atoms with van der Waals surface area (Å²) in [6, 6.07) is 0.726. The first-order chi connectivity index (χ1) is 9.76. The summed E-state index contributed by atoms with van der Waals surface area (Å²) in [6.07, 6.45) is 2.47. The molecule has 0 amide bonds. The molecule has 21 heavy (non-hydrogen) atoms. The summed E-state index contributed by atoms with van der Waals surface area (Å²) in [5, 5.41) is 4.77. The smallest absolute Gasteiger partial charge is 0.185 e. The van der Waals surface area contributed by atoms with Gasteiger partial charge in [0.2, 0.25) is 0 Å². The van der Waals surface area contributed by atoms with Crippen LogP contribution in [-0.4, -0.2) is 48.6 Å². The largest absolute Gasteiger partial charge is 0.348 e. The van der Waals surface area contributed by atoms with E-state index in [1.165, 1.54) is 28.5 Å². The number of aromatic nitrogens is 1. The summed E-state index contributed by atoms with van der Waals surface area (Å²) in [4.78, 5) is 11.0. The second-order valence-corrected chi connectivity index (χ2v) is 8.35. The Bertz CT molecular complexity index is 453. The van der Waals surface area contributed by atoms with E-state index in [0.717, 1.165) is 25.7 Å². The molecule has 4 nitrogen and oxygen atoms in total. The maximum atomic E-state index is 4.80. The number of hydrogen-bond acceptors (Lipinski definition) is 5. The van der Waals surface area contributed by atoms with E-state index in [1.54, 1.807) is 0 Å². The molecule has 2 heterocycles. The van der Waals surface area contributed by atoms with Crippen LogP contribution in [0.5, 0.6) is 0 Å². The van der Waals surface area contributed by atoms with Gasteiger partial charge in [0.25, 0.3) is 0 Å². The first kappa shape index (κ1) is 16.7. The SMILES string of the molecule is Cc1nc(N2CCC(N(C)C)CC2)sc1CNC(C)(C)C. The zero-order chi connectivity index (χ0) is 15.6. The molecule has 1 fully saturated rings. The van der Waals surface area contributed by atoms with Gasteiger partial charge in [-0.1, -0.05) is 0 Å². The molecule has 0 unspecified atom stereocenters. The third-order valence-electron chi connectivity index (χ3n) is 4.13. The molecule has 0 aliphatic carbocycles. The molecule has 0 atom stereocenters. The summed E-state index contributed by atoms with van der Waals surface area (Å²) >= 11 is 1.86. The quantitative estimate of drug-likeness (QED) is 0.926. The topological polar surface area (TPSA) is 31.4 Å². The van der Waals surface area contributed by atoms with Crippen LogP contribution in [0.1, 0.15) is 44.2 Å². The minimum Gasteiger partial charge on any atom is -0.348 e. The van der Waals surface area contributed by atoms with Crippen molar-refractivity contribution in [2.75, 3.05) is 32.1 Å². The van der Waals surface area contributed by atoms with Gasteiger partial charge in [-0.3, -0.25) is 0 Å². The molecule has 1 aliphatic rings. The fourth-order valence-corrected chi connectivity index (χ4v) is 3.68. The van der Waals surface area contributed by atoms with Gasteiger partial charge in [-0.15, -0.1) is 11.3 Å². The Morgan fingerprint density at radius 2 is 1.90 bits per heavy atom. The van der Waals surface area contributed by atoms with E-state index in [0.29, 0.717) is 0 Å². The number of rotatable bonds is 4. The van der Waals surface area contributed by atoms with Gasteiger partial charge < -0.3 is 15.1 Å². The molecule has 2 rings (SSSR count). The van der Waals surface area contributed by atoms with Crippen molar-refractivity contribution in [3.8, 4) is 0 Å². The lowest BCUT2D eigenvalue weighted by molar-refractivity contribution is 0.249. The maximum absolute atomic E-state index is 4.80. The van der Waals surface area contributed by atoms with E-state index in [9.17, 15) is 0 Å². The number of hydrogen-bond donors (Lipinski definition) is 1. The normalized spacial score (nSPS) is 17.8. The van der Waals surface area contributed by atoms with Crippen molar-refractivity contribution < 1.29 is 0 Å². The number of anilines is 1. The van der Waals surface area contributed by atoms with Crippen LogP contribution >= 0.6 is 11.3 Å². The Kier molecular flexibility index (Phi) is 5.28. The number of aryl methyl sites for hydroxylation is 1. The summed E-state index contributed by atoms with van der Waals surface area (Å²) in [5.74, 6) is 0. The third-order valence-corrected chi connectivity index (χ3v) is 5.34. The zero-order valence-electron chi connectivity index (χ0n) is 14.4. The second-order valence-electron chi connectivity index (χ2n) is 7.29. The van der Waals surface area contributed by atoms with Gasteiger partial charge in [-0.05, 0) is 54.6 Å². The number of nitrogens with zero attached hydrogens (tertiary/aromatic N) is 3. The van der Waals surface area contributed by atoms with E-state index in [1.807, 2.05) is 11.3 Å².